The molecule has 1 N–H and O–H groups in total. The van der Waals surface area contributed by atoms with Gasteiger partial charge < -0.3 is 5.11 Å². The summed E-state index contributed by atoms with van der Waals surface area (Å²) in [7, 11) is 0. The Morgan fingerprint density at radius 2 is 2.05 bits per heavy atom. The molecule has 0 saturated heterocycles. The number of aliphatic hydroxyl groups is 1. The fourth-order valence-electron chi connectivity index (χ4n) is 1.79. The highest BCUT2D eigenvalue weighted by Gasteiger charge is 2.19. The summed E-state index contributed by atoms with van der Waals surface area (Å²) in [6, 6.07) is 1.97. The van der Waals surface area contributed by atoms with Gasteiger partial charge in [0.05, 0.1) is 16.8 Å². The Balaban J connectivity index is 2.11. The maximum Gasteiger partial charge on any atom is 0.0957 e. The summed E-state index contributed by atoms with van der Waals surface area (Å²) in [5.41, 5.74) is 3.06. The summed E-state index contributed by atoms with van der Waals surface area (Å²) in [6.07, 6.45) is 3.52. The van der Waals surface area contributed by atoms with E-state index in [1.165, 1.54) is 0 Å². The molecule has 0 saturated carbocycles. The molecule has 4 heteroatoms. The summed E-state index contributed by atoms with van der Waals surface area (Å²) in [5.74, 6) is 0. The van der Waals surface area contributed by atoms with Crippen LogP contribution in [0.5, 0.6) is 0 Å². The monoisotopic (exact) mass is 276 g/mol. The molecule has 0 aliphatic rings. The van der Waals surface area contributed by atoms with Crippen LogP contribution in [0.25, 0.3) is 0 Å². The molecule has 0 aromatic carbocycles. The molecule has 2 aromatic heterocycles. The largest absolute Gasteiger partial charge is 0.388 e. The van der Waals surface area contributed by atoms with Gasteiger partial charge in [-0.3, -0.25) is 4.98 Å². The first kappa shape index (κ1) is 14.2. The maximum atomic E-state index is 10.2. The minimum Gasteiger partial charge on any atom is -0.388 e. The standard InChI is InChI=1S/C15H20N2OS/c1-10-5-11(8-16-7-10)12(18)6-14-17-13(9-19-14)15(2,3)4/h5,7-9,12,18H,6H2,1-4H3. The quantitative estimate of drug-likeness (QED) is 0.934. The third kappa shape index (κ3) is 3.61. The van der Waals surface area contributed by atoms with Crippen molar-refractivity contribution in [2.75, 3.05) is 0 Å². The first-order valence-corrected chi connectivity index (χ1v) is 7.29. The van der Waals surface area contributed by atoms with Crippen LogP contribution in [0.15, 0.2) is 23.8 Å². The predicted molar refractivity (Wildman–Crippen MR) is 78.5 cm³/mol. The van der Waals surface area contributed by atoms with Gasteiger partial charge in [-0.25, -0.2) is 4.98 Å². The number of hydrogen-bond donors (Lipinski definition) is 1. The Hall–Kier alpha value is -1.26. The Morgan fingerprint density at radius 1 is 1.32 bits per heavy atom. The van der Waals surface area contributed by atoms with Crippen molar-refractivity contribution in [3.05, 3.63) is 45.7 Å². The van der Waals surface area contributed by atoms with E-state index in [4.69, 9.17) is 0 Å². The number of rotatable bonds is 3. The molecule has 102 valence electrons. The zero-order valence-corrected chi connectivity index (χ0v) is 12.7. The number of nitrogens with zero attached hydrogens (tertiary/aromatic N) is 2. The number of pyridine rings is 1. The van der Waals surface area contributed by atoms with E-state index in [9.17, 15) is 5.11 Å². The van der Waals surface area contributed by atoms with E-state index in [1.807, 2.05) is 13.0 Å². The molecule has 2 aromatic rings. The van der Waals surface area contributed by atoms with Crippen LogP contribution in [0.3, 0.4) is 0 Å². The summed E-state index contributed by atoms with van der Waals surface area (Å²) in [6.45, 7) is 8.41. The van der Waals surface area contributed by atoms with Gasteiger partial charge in [0.1, 0.15) is 0 Å². The lowest BCUT2D eigenvalue weighted by Gasteiger charge is -2.14. The molecule has 3 nitrogen and oxygen atoms in total. The smallest absolute Gasteiger partial charge is 0.0957 e. The van der Waals surface area contributed by atoms with Crippen LogP contribution in [-0.2, 0) is 11.8 Å². The van der Waals surface area contributed by atoms with Crippen molar-refractivity contribution in [1.82, 2.24) is 9.97 Å². The minimum absolute atomic E-state index is 0.0601. The molecule has 0 bridgehead atoms. The minimum atomic E-state index is -0.536. The topological polar surface area (TPSA) is 46.0 Å². The van der Waals surface area contributed by atoms with Gasteiger partial charge in [0.2, 0.25) is 0 Å². The molecule has 1 unspecified atom stereocenters. The van der Waals surface area contributed by atoms with Crippen molar-refractivity contribution in [3.63, 3.8) is 0 Å². The molecule has 0 fully saturated rings. The predicted octanol–water partition coefficient (Wildman–Crippen LogP) is 3.42. The van der Waals surface area contributed by atoms with Crippen molar-refractivity contribution in [2.24, 2.45) is 0 Å². The molecular weight excluding hydrogens is 256 g/mol. The zero-order chi connectivity index (χ0) is 14.0. The lowest BCUT2D eigenvalue weighted by Crippen LogP contribution is -2.12. The molecule has 0 radical (unpaired) electrons. The van der Waals surface area contributed by atoms with Crippen molar-refractivity contribution in [3.8, 4) is 0 Å². The Bertz CT molecular complexity index is 557. The first-order chi connectivity index (χ1) is 8.86. The highest BCUT2D eigenvalue weighted by molar-refractivity contribution is 7.09. The van der Waals surface area contributed by atoms with Crippen LogP contribution in [0.1, 0.15) is 48.7 Å². The normalized spacial score (nSPS) is 13.5. The lowest BCUT2D eigenvalue weighted by atomic mass is 9.93. The van der Waals surface area contributed by atoms with E-state index < -0.39 is 6.10 Å². The third-order valence-corrected chi connectivity index (χ3v) is 3.84. The number of aryl methyl sites for hydroxylation is 1. The van der Waals surface area contributed by atoms with Crippen molar-refractivity contribution < 1.29 is 5.11 Å². The van der Waals surface area contributed by atoms with Crippen LogP contribution in [0.2, 0.25) is 0 Å². The maximum absolute atomic E-state index is 10.2. The lowest BCUT2D eigenvalue weighted by molar-refractivity contribution is 0.177. The van der Waals surface area contributed by atoms with Crippen molar-refractivity contribution in [1.29, 1.82) is 0 Å². The molecule has 2 heterocycles. The van der Waals surface area contributed by atoms with Gasteiger partial charge in [0.15, 0.2) is 0 Å². The van der Waals surface area contributed by atoms with Gasteiger partial charge in [-0.15, -0.1) is 11.3 Å². The van der Waals surface area contributed by atoms with Crippen LogP contribution >= 0.6 is 11.3 Å². The van der Waals surface area contributed by atoms with Crippen LogP contribution in [0, 0.1) is 6.92 Å². The van der Waals surface area contributed by atoms with Crippen LogP contribution in [-0.4, -0.2) is 15.1 Å². The van der Waals surface area contributed by atoms with Gasteiger partial charge >= 0.3 is 0 Å². The number of aromatic nitrogens is 2. The Labute approximate surface area is 118 Å². The molecule has 2 rings (SSSR count). The van der Waals surface area contributed by atoms with E-state index in [2.05, 4.69) is 36.1 Å². The second-order valence-electron chi connectivity index (χ2n) is 5.89. The van der Waals surface area contributed by atoms with E-state index in [-0.39, 0.29) is 5.41 Å². The molecule has 19 heavy (non-hydrogen) atoms. The summed E-state index contributed by atoms with van der Waals surface area (Å²) in [4.78, 5) is 8.72. The van der Waals surface area contributed by atoms with Crippen molar-refractivity contribution >= 4 is 11.3 Å². The molecule has 1 atom stereocenters. The molecular formula is C15H20N2OS. The average molecular weight is 276 g/mol. The van der Waals surface area contributed by atoms with Gasteiger partial charge in [-0.2, -0.15) is 0 Å². The van der Waals surface area contributed by atoms with Gasteiger partial charge in [-0.05, 0) is 18.1 Å². The summed E-state index contributed by atoms with van der Waals surface area (Å²) < 4.78 is 0. The van der Waals surface area contributed by atoms with E-state index in [0.717, 1.165) is 21.8 Å². The molecule has 0 aliphatic heterocycles. The Morgan fingerprint density at radius 3 is 2.63 bits per heavy atom. The Kier molecular flexibility index (Phi) is 4.02. The molecule has 0 aliphatic carbocycles. The number of thiazole rings is 1. The van der Waals surface area contributed by atoms with E-state index in [1.54, 1.807) is 23.7 Å². The van der Waals surface area contributed by atoms with E-state index in [0.29, 0.717) is 6.42 Å². The molecule has 0 spiro atoms. The van der Waals surface area contributed by atoms with Gasteiger partial charge in [0, 0.05) is 29.6 Å². The highest BCUT2D eigenvalue weighted by atomic mass is 32.1. The zero-order valence-electron chi connectivity index (χ0n) is 11.8. The van der Waals surface area contributed by atoms with Crippen LogP contribution in [0.4, 0.5) is 0 Å². The van der Waals surface area contributed by atoms with E-state index >= 15 is 0 Å². The second-order valence-corrected chi connectivity index (χ2v) is 6.83. The van der Waals surface area contributed by atoms with Gasteiger partial charge in [0.25, 0.3) is 0 Å². The third-order valence-electron chi connectivity index (χ3n) is 2.97. The average Bonchev–Trinajstić information content (AvgIpc) is 2.77. The fraction of sp³-hybridized carbons (Fsp3) is 0.467. The fourth-order valence-corrected chi connectivity index (χ4v) is 2.85. The summed E-state index contributed by atoms with van der Waals surface area (Å²) in [5, 5.41) is 13.3. The van der Waals surface area contributed by atoms with Gasteiger partial charge in [-0.1, -0.05) is 26.8 Å². The summed E-state index contributed by atoms with van der Waals surface area (Å²) >= 11 is 1.61. The second kappa shape index (κ2) is 5.39. The number of hydrogen-bond acceptors (Lipinski definition) is 4. The highest BCUT2D eigenvalue weighted by Crippen LogP contribution is 2.26. The first-order valence-electron chi connectivity index (χ1n) is 6.41. The van der Waals surface area contributed by atoms with Crippen molar-refractivity contribution in [2.45, 2.75) is 45.6 Å². The SMILES string of the molecule is Cc1cncc(C(O)Cc2nc(C(C)(C)C)cs2)c1. The van der Waals surface area contributed by atoms with Crippen LogP contribution < -0.4 is 0 Å². The number of aliphatic hydroxyl groups excluding tert-OH is 1. The molecule has 0 amide bonds.